The van der Waals surface area contributed by atoms with Gasteiger partial charge in [-0.3, -0.25) is 14.3 Å². The minimum Gasteiger partial charge on any atom is -0.371 e. The van der Waals surface area contributed by atoms with Gasteiger partial charge < -0.3 is 15.1 Å². The van der Waals surface area contributed by atoms with Gasteiger partial charge >= 0.3 is 5.69 Å². The molecule has 1 aliphatic carbocycles. The Hall–Kier alpha value is -2.59. The van der Waals surface area contributed by atoms with E-state index in [2.05, 4.69) is 27.0 Å². The number of rotatable bonds is 6. The molecule has 0 radical (unpaired) electrons. The second kappa shape index (κ2) is 7.44. The highest BCUT2D eigenvalue weighted by Crippen LogP contribution is 2.38. The fourth-order valence-corrected chi connectivity index (χ4v) is 4.46. The van der Waals surface area contributed by atoms with Gasteiger partial charge in [-0.15, -0.1) is 0 Å². The number of hydrogen-bond donors (Lipinski definition) is 2. The van der Waals surface area contributed by atoms with Crippen molar-refractivity contribution in [3.8, 4) is 0 Å². The van der Waals surface area contributed by atoms with Crippen LogP contribution >= 0.6 is 0 Å². The zero-order valence-electron chi connectivity index (χ0n) is 16.5. The van der Waals surface area contributed by atoms with Crippen LogP contribution in [-0.2, 0) is 0 Å². The van der Waals surface area contributed by atoms with Crippen molar-refractivity contribution in [2.24, 2.45) is 5.92 Å². The van der Waals surface area contributed by atoms with Gasteiger partial charge in [0.05, 0.1) is 17.4 Å². The number of fused-ring (bicyclic) bond motifs is 1. The highest BCUT2D eigenvalue weighted by molar-refractivity contribution is 5.86. The third-order valence-corrected chi connectivity index (χ3v) is 6.20. The number of anilines is 1. The van der Waals surface area contributed by atoms with E-state index in [4.69, 9.17) is 6.57 Å². The van der Waals surface area contributed by atoms with Crippen LogP contribution in [0.4, 0.5) is 5.69 Å². The second-order valence-electron chi connectivity index (χ2n) is 8.09. The molecule has 1 saturated carbocycles. The molecule has 2 atom stereocenters. The Kier molecular flexibility index (Phi) is 4.98. The van der Waals surface area contributed by atoms with Crippen molar-refractivity contribution in [3.63, 3.8) is 0 Å². The fraction of sp³-hybridized carbons (Fsp3) is 0.571. The Morgan fingerprint density at radius 3 is 2.82 bits per heavy atom. The Labute approximate surface area is 164 Å². The SMILES string of the molecule is [C-]#[N+]CCNC(C)C1CCN(c2ccc3c(=O)[nH]c(=O)n(C4CC4)c3c2C)C1. The van der Waals surface area contributed by atoms with Crippen LogP contribution in [0.3, 0.4) is 0 Å². The minimum absolute atomic E-state index is 0.207. The van der Waals surface area contributed by atoms with E-state index in [0.29, 0.717) is 23.9 Å². The first-order chi connectivity index (χ1) is 13.5. The van der Waals surface area contributed by atoms with Crippen LogP contribution in [0.1, 0.15) is 37.8 Å². The van der Waals surface area contributed by atoms with Gasteiger partial charge in [0.15, 0.2) is 0 Å². The highest BCUT2D eigenvalue weighted by Gasteiger charge is 2.31. The van der Waals surface area contributed by atoms with Gasteiger partial charge in [-0.05, 0) is 56.7 Å². The molecule has 2 fully saturated rings. The summed E-state index contributed by atoms with van der Waals surface area (Å²) in [6.45, 7) is 14.3. The first kappa shape index (κ1) is 18.8. The second-order valence-corrected chi connectivity index (χ2v) is 8.09. The lowest BCUT2D eigenvalue weighted by molar-refractivity contribution is 0.409. The summed E-state index contributed by atoms with van der Waals surface area (Å²) < 4.78 is 1.79. The van der Waals surface area contributed by atoms with Gasteiger partial charge in [-0.2, -0.15) is 0 Å². The first-order valence-electron chi connectivity index (χ1n) is 10.1. The predicted octanol–water partition coefficient (Wildman–Crippen LogP) is 2.06. The molecule has 2 N–H and O–H groups in total. The fourth-order valence-electron chi connectivity index (χ4n) is 4.46. The summed E-state index contributed by atoms with van der Waals surface area (Å²) in [6, 6.07) is 4.45. The Morgan fingerprint density at radius 2 is 2.11 bits per heavy atom. The molecule has 7 heteroatoms. The molecule has 2 unspecified atom stereocenters. The van der Waals surface area contributed by atoms with E-state index >= 15 is 0 Å². The maximum Gasteiger partial charge on any atom is 0.329 e. The smallest absolute Gasteiger partial charge is 0.329 e. The maximum absolute atomic E-state index is 12.5. The largest absolute Gasteiger partial charge is 0.371 e. The first-order valence-corrected chi connectivity index (χ1v) is 10.1. The van der Waals surface area contributed by atoms with Crippen molar-refractivity contribution in [3.05, 3.63) is 50.0 Å². The molecule has 28 heavy (non-hydrogen) atoms. The number of benzene rings is 1. The van der Waals surface area contributed by atoms with E-state index in [1.54, 1.807) is 4.57 Å². The molecule has 1 aliphatic heterocycles. The summed E-state index contributed by atoms with van der Waals surface area (Å²) in [5.74, 6) is 0.519. The Morgan fingerprint density at radius 1 is 1.32 bits per heavy atom. The molecule has 7 nitrogen and oxygen atoms in total. The molecular formula is C21H27N5O2. The molecule has 0 amide bonds. The third kappa shape index (κ3) is 3.33. The van der Waals surface area contributed by atoms with Crippen LogP contribution in [0.5, 0.6) is 0 Å². The van der Waals surface area contributed by atoms with Crippen molar-refractivity contribution in [1.29, 1.82) is 0 Å². The maximum atomic E-state index is 12.5. The van der Waals surface area contributed by atoms with E-state index in [1.165, 1.54) is 0 Å². The number of aromatic nitrogens is 2. The summed E-state index contributed by atoms with van der Waals surface area (Å²) in [7, 11) is 0. The summed E-state index contributed by atoms with van der Waals surface area (Å²) in [5, 5.41) is 4.05. The zero-order chi connectivity index (χ0) is 19.8. The van der Waals surface area contributed by atoms with Crippen LogP contribution in [0, 0.1) is 19.4 Å². The Bertz CT molecular complexity index is 1040. The zero-order valence-corrected chi connectivity index (χ0v) is 16.5. The molecule has 0 bridgehead atoms. The molecular weight excluding hydrogens is 354 g/mol. The number of H-pyrrole nitrogens is 1. The molecule has 2 aromatic rings. The van der Waals surface area contributed by atoms with Crippen molar-refractivity contribution in [2.75, 3.05) is 31.1 Å². The van der Waals surface area contributed by atoms with Crippen molar-refractivity contribution in [2.45, 2.75) is 45.2 Å². The van der Waals surface area contributed by atoms with E-state index in [-0.39, 0.29) is 17.3 Å². The van der Waals surface area contributed by atoms with E-state index in [0.717, 1.165) is 55.7 Å². The van der Waals surface area contributed by atoms with Crippen LogP contribution < -0.4 is 21.5 Å². The van der Waals surface area contributed by atoms with Crippen LogP contribution in [0.15, 0.2) is 21.7 Å². The van der Waals surface area contributed by atoms with Crippen LogP contribution in [-0.4, -0.2) is 41.8 Å². The third-order valence-electron chi connectivity index (χ3n) is 6.20. The molecule has 1 saturated heterocycles. The van der Waals surface area contributed by atoms with Crippen molar-refractivity contribution in [1.82, 2.24) is 14.9 Å². The molecule has 2 heterocycles. The summed E-state index contributed by atoms with van der Waals surface area (Å²) in [5.41, 5.74) is 2.32. The van der Waals surface area contributed by atoms with Gasteiger partial charge in [0, 0.05) is 30.9 Å². The lowest BCUT2D eigenvalue weighted by Crippen LogP contribution is -2.36. The van der Waals surface area contributed by atoms with Gasteiger partial charge in [-0.1, -0.05) is 0 Å². The molecule has 0 spiro atoms. The molecule has 1 aromatic heterocycles. The van der Waals surface area contributed by atoms with Crippen LogP contribution in [0.2, 0.25) is 0 Å². The highest BCUT2D eigenvalue weighted by atomic mass is 16.2. The van der Waals surface area contributed by atoms with Gasteiger partial charge in [0.1, 0.15) is 0 Å². The average molecular weight is 381 g/mol. The summed E-state index contributed by atoms with van der Waals surface area (Å²) in [6.07, 6.45) is 3.07. The molecule has 2 aliphatic rings. The number of nitrogens with one attached hydrogen (secondary N) is 2. The van der Waals surface area contributed by atoms with Gasteiger partial charge in [0.2, 0.25) is 6.54 Å². The number of nitrogens with zero attached hydrogens (tertiary/aromatic N) is 3. The minimum atomic E-state index is -0.302. The van der Waals surface area contributed by atoms with E-state index < -0.39 is 0 Å². The van der Waals surface area contributed by atoms with E-state index in [1.807, 2.05) is 19.1 Å². The Balaban J connectivity index is 1.65. The summed E-state index contributed by atoms with van der Waals surface area (Å²) in [4.78, 5) is 33.0. The van der Waals surface area contributed by atoms with Gasteiger partial charge in [-0.25, -0.2) is 11.4 Å². The van der Waals surface area contributed by atoms with Crippen LogP contribution in [0.25, 0.3) is 15.7 Å². The lowest BCUT2D eigenvalue weighted by Gasteiger charge is -2.24. The quantitative estimate of drug-likeness (QED) is 0.593. The summed E-state index contributed by atoms with van der Waals surface area (Å²) >= 11 is 0. The number of hydrogen-bond acceptors (Lipinski definition) is 4. The lowest BCUT2D eigenvalue weighted by atomic mass is 10.0. The topological polar surface area (TPSA) is 74.5 Å². The normalized spacial score (nSPS) is 20.5. The van der Waals surface area contributed by atoms with Gasteiger partial charge in [0.25, 0.3) is 5.56 Å². The molecule has 1 aromatic carbocycles. The molecule has 4 rings (SSSR count). The standard InChI is InChI=1S/C21H27N5O2/c1-13-18(25-11-8-15(12-25)14(2)23-10-9-22-3)7-6-17-19(13)26(16-4-5-16)21(28)24-20(17)27/h6-7,14-16,23H,4-5,8-12H2,1-2H3,(H,24,27,28). The predicted molar refractivity (Wildman–Crippen MR) is 111 cm³/mol. The van der Waals surface area contributed by atoms with Crippen molar-refractivity contribution >= 4 is 16.6 Å². The number of aromatic amines is 1. The van der Waals surface area contributed by atoms with E-state index in [9.17, 15) is 9.59 Å². The monoisotopic (exact) mass is 381 g/mol. The molecule has 148 valence electrons. The average Bonchev–Trinajstić information content (AvgIpc) is 3.38. The number of aryl methyl sites for hydroxylation is 1. The van der Waals surface area contributed by atoms with Crippen molar-refractivity contribution < 1.29 is 0 Å².